The first-order valence-corrected chi connectivity index (χ1v) is 6.19. The molecule has 1 aromatic carbocycles. The highest BCUT2D eigenvalue weighted by Crippen LogP contribution is 2.31. The molecule has 0 aliphatic heterocycles. The van der Waals surface area contributed by atoms with Gasteiger partial charge in [-0.25, -0.2) is 0 Å². The summed E-state index contributed by atoms with van der Waals surface area (Å²) in [5, 5.41) is 9.01. The summed E-state index contributed by atoms with van der Waals surface area (Å²) >= 11 is 12.0. The fraction of sp³-hybridized carbons (Fsp3) is 0. The minimum Gasteiger partial charge on any atom is -0.416 e. The average Bonchev–Trinajstić information content (AvgIpc) is 2.92. The summed E-state index contributed by atoms with van der Waals surface area (Å²) in [6, 6.07) is 8.71. The van der Waals surface area contributed by atoms with Gasteiger partial charge in [-0.2, -0.15) is 0 Å². The van der Waals surface area contributed by atoms with E-state index in [1.807, 2.05) is 6.07 Å². The van der Waals surface area contributed by atoms with Crippen LogP contribution in [0.3, 0.4) is 0 Å². The van der Waals surface area contributed by atoms with Crippen LogP contribution in [0.15, 0.2) is 47.1 Å². The topological polar surface area (TPSA) is 51.8 Å². The van der Waals surface area contributed by atoms with Crippen LogP contribution in [0.2, 0.25) is 10.0 Å². The van der Waals surface area contributed by atoms with Gasteiger partial charge >= 0.3 is 0 Å². The lowest BCUT2D eigenvalue weighted by molar-refractivity contribution is 0.584. The van der Waals surface area contributed by atoms with E-state index in [1.54, 1.807) is 36.7 Å². The minimum absolute atomic E-state index is 0.325. The van der Waals surface area contributed by atoms with E-state index in [-0.39, 0.29) is 0 Å². The summed E-state index contributed by atoms with van der Waals surface area (Å²) in [5.41, 5.74) is 1.36. The highest BCUT2D eigenvalue weighted by Gasteiger charge is 2.13. The van der Waals surface area contributed by atoms with Crippen LogP contribution < -0.4 is 0 Å². The molecule has 0 aliphatic carbocycles. The van der Waals surface area contributed by atoms with E-state index in [1.165, 1.54) is 0 Å². The molecule has 0 aliphatic rings. The Kier molecular flexibility index (Phi) is 3.19. The van der Waals surface area contributed by atoms with E-state index in [0.717, 1.165) is 5.56 Å². The van der Waals surface area contributed by atoms with E-state index in [2.05, 4.69) is 15.2 Å². The number of benzene rings is 1. The molecule has 3 aromatic rings. The van der Waals surface area contributed by atoms with Crippen molar-refractivity contribution in [2.45, 2.75) is 0 Å². The van der Waals surface area contributed by atoms with Crippen molar-refractivity contribution < 1.29 is 4.42 Å². The maximum absolute atomic E-state index is 6.09. The van der Waals surface area contributed by atoms with Crippen molar-refractivity contribution in [3.05, 3.63) is 52.8 Å². The molecule has 0 spiro atoms. The molecule has 2 aromatic heterocycles. The minimum atomic E-state index is 0.325. The molecule has 19 heavy (non-hydrogen) atoms. The normalized spacial score (nSPS) is 10.6. The van der Waals surface area contributed by atoms with Crippen LogP contribution in [0.5, 0.6) is 0 Å². The Balaban J connectivity index is 2.04. The van der Waals surface area contributed by atoms with Crippen LogP contribution in [-0.2, 0) is 0 Å². The van der Waals surface area contributed by atoms with E-state index in [0.29, 0.717) is 27.4 Å². The maximum Gasteiger partial charge on any atom is 0.249 e. The largest absolute Gasteiger partial charge is 0.416 e. The van der Waals surface area contributed by atoms with Crippen LogP contribution in [0.1, 0.15) is 0 Å². The van der Waals surface area contributed by atoms with Gasteiger partial charge in [0.15, 0.2) is 0 Å². The monoisotopic (exact) mass is 291 g/mol. The second kappa shape index (κ2) is 4.99. The summed E-state index contributed by atoms with van der Waals surface area (Å²) in [7, 11) is 0. The predicted molar refractivity (Wildman–Crippen MR) is 73.0 cm³/mol. The van der Waals surface area contributed by atoms with Gasteiger partial charge in [-0.05, 0) is 30.3 Å². The lowest BCUT2D eigenvalue weighted by atomic mass is 10.2. The molecule has 0 amide bonds. The van der Waals surface area contributed by atoms with E-state index < -0.39 is 0 Å². The molecule has 0 N–H and O–H groups in total. The summed E-state index contributed by atoms with van der Waals surface area (Å²) in [4.78, 5) is 4.00. The van der Waals surface area contributed by atoms with Crippen LogP contribution in [-0.4, -0.2) is 15.2 Å². The van der Waals surface area contributed by atoms with Crippen LogP contribution in [0.4, 0.5) is 0 Å². The first-order chi connectivity index (χ1) is 9.24. The molecule has 4 nitrogen and oxygen atoms in total. The number of pyridine rings is 1. The first kappa shape index (κ1) is 12.1. The van der Waals surface area contributed by atoms with Crippen molar-refractivity contribution in [2.75, 3.05) is 0 Å². The SMILES string of the molecule is Clc1ccc(Cl)c(-c2nnc(-c3cccnc3)o2)c1. The zero-order chi connectivity index (χ0) is 13.2. The Morgan fingerprint density at radius 1 is 1.00 bits per heavy atom. The number of halogens is 2. The first-order valence-electron chi connectivity index (χ1n) is 5.43. The molecule has 94 valence electrons. The van der Waals surface area contributed by atoms with E-state index in [9.17, 15) is 0 Å². The van der Waals surface area contributed by atoms with Crippen LogP contribution in [0, 0.1) is 0 Å². The molecule has 0 unspecified atom stereocenters. The van der Waals surface area contributed by atoms with Crippen molar-refractivity contribution in [1.82, 2.24) is 15.2 Å². The molecule has 0 bridgehead atoms. The Morgan fingerprint density at radius 2 is 1.84 bits per heavy atom. The number of nitrogens with zero attached hydrogens (tertiary/aromatic N) is 3. The van der Waals surface area contributed by atoms with Gasteiger partial charge in [-0.1, -0.05) is 23.2 Å². The highest BCUT2D eigenvalue weighted by molar-refractivity contribution is 6.35. The smallest absolute Gasteiger partial charge is 0.249 e. The molecule has 0 radical (unpaired) electrons. The van der Waals surface area contributed by atoms with Crippen molar-refractivity contribution in [1.29, 1.82) is 0 Å². The number of rotatable bonds is 2. The maximum atomic E-state index is 6.09. The Labute approximate surface area is 119 Å². The molecule has 0 saturated heterocycles. The zero-order valence-corrected chi connectivity index (χ0v) is 11.1. The van der Waals surface area contributed by atoms with E-state index >= 15 is 0 Å². The van der Waals surface area contributed by atoms with Gasteiger partial charge in [0.2, 0.25) is 11.8 Å². The van der Waals surface area contributed by atoms with Gasteiger partial charge in [0, 0.05) is 17.4 Å². The van der Waals surface area contributed by atoms with Crippen LogP contribution in [0.25, 0.3) is 22.9 Å². The fourth-order valence-corrected chi connectivity index (χ4v) is 1.97. The third kappa shape index (κ3) is 2.45. The third-order valence-electron chi connectivity index (χ3n) is 2.49. The zero-order valence-electron chi connectivity index (χ0n) is 9.55. The average molecular weight is 292 g/mol. The predicted octanol–water partition coefficient (Wildman–Crippen LogP) is 4.11. The molecule has 0 saturated carbocycles. The van der Waals surface area contributed by atoms with Crippen molar-refractivity contribution in [3.63, 3.8) is 0 Å². The molecular weight excluding hydrogens is 285 g/mol. The third-order valence-corrected chi connectivity index (χ3v) is 3.06. The van der Waals surface area contributed by atoms with Crippen molar-refractivity contribution in [3.8, 4) is 22.9 Å². The van der Waals surface area contributed by atoms with Gasteiger partial charge in [0.25, 0.3) is 0 Å². The fourth-order valence-electron chi connectivity index (χ4n) is 1.60. The number of hydrogen-bond donors (Lipinski definition) is 0. The Bertz CT molecular complexity index is 713. The molecule has 0 atom stereocenters. The summed E-state index contributed by atoms with van der Waals surface area (Å²) in [6.07, 6.45) is 3.32. The number of aromatic nitrogens is 3. The molecule has 2 heterocycles. The summed E-state index contributed by atoms with van der Waals surface area (Å²) < 4.78 is 5.59. The highest BCUT2D eigenvalue weighted by atomic mass is 35.5. The van der Waals surface area contributed by atoms with E-state index in [4.69, 9.17) is 27.6 Å². The molecule has 6 heteroatoms. The Hall–Kier alpha value is -1.91. The lowest BCUT2D eigenvalue weighted by Gasteiger charge is -1.99. The van der Waals surface area contributed by atoms with Crippen molar-refractivity contribution in [2.24, 2.45) is 0 Å². The van der Waals surface area contributed by atoms with Gasteiger partial charge in [-0.3, -0.25) is 4.98 Å². The van der Waals surface area contributed by atoms with Crippen molar-refractivity contribution >= 4 is 23.2 Å². The van der Waals surface area contributed by atoms with Gasteiger partial charge in [0.1, 0.15) is 0 Å². The standard InChI is InChI=1S/C13H7Cl2N3O/c14-9-3-4-11(15)10(6-9)13-18-17-12(19-13)8-2-1-5-16-7-8/h1-7H. The summed E-state index contributed by atoms with van der Waals surface area (Å²) in [6.45, 7) is 0. The molecular formula is C13H7Cl2N3O. The quantitative estimate of drug-likeness (QED) is 0.713. The van der Waals surface area contributed by atoms with Gasteiger partial charge in [0.05, 0.1) is 16.1 Å². The van der Waals surface area contributed by atoms with Crippen LogP contribution >= 0.6 is 23.2 Å². The molecule has 3 rings (SSSR count). The molecule has 0 fully saturated rings. The lowest BCUT2D eigenvalue weighted by Crippen LogP contribution is -1.79. The Morgan fingerprint density at radius 3 is 2.63 bits per heavy atom. The second-order valence-corrected chi connectivity index (χ2v) is 4.62. The second-order valence-electron chi connectivity index (χ2n) is 3.78. The van der Waals surface area contributed by atoms with Gasteiger partial charge in [-0.15, -0.1) is 10.2 Å². The number of hydrogen-bond acceptors (Lipinski definition) is 4. The van der Waals surface area contributed by atoms with Gasteiger partial charge < -0.3 is 4.42 Å². The summed E-state index contributed by atoms with van der Waals surface area (Å²) in [5.74, 6) is 0.713.